The molecule has 1 aliphatic rings. The average molecular weight is 140 g/mol. The summed E-state index contributed by atoms with van der Waals surface area (Å²) in [4.78, 5) is 0. The van der Waals surface area contributed by atoms with Crippen LogP contribution in [-0.2, 0) is 0 Å². The summed E-state index contributed by atoms with van der Waals surface area (Å²) in [5.41, 5.74) is -0.568. The highest BCUT2D eigenvalue weighted by Crippen LogP contribution is 2.46. The summed E-state index contributed by atoms with van der Waals surface area (Å²) in [7, 11) is 0. The zero-order valence-corrected chi connectivity index (χ0v) is 6.85. The van der Waals surface area contributed by atoms with Crippen LogP contribution in [0, 0.1) is 5.41 Å². The van der Waals surface area contributed by atoms with E-state index in [2.05, 4.69) is 20.4 Å². The standard InChI is InChI=1S/C9H16O/c1-4-9(10)7-5-6-8(9,2)3/h4,10H,1,5-7H2,2-3H3. The summed E-state index contributed by atoms with van der Waals surface area (Å²) < 4.78 is 0. The molecule has 0 radical (unpaired) electrons. The van der Waals surface area contributed by atoms with Gasteiger partial charge in [0.15, 0.2) is 0 Å². The molecule has 1 atom stereocenters. The highest BCUT2D eigenvalue weighted by atomic mass is 16.3. The van der Waals surface area contributed by atoms with Gasteiger partial charge in [-0.15, -0.1) is 6.58 Å². The molecule has 1 fully saturated rings. The smallest absolute Gasteiger partial charge is 0.0875 e. The Morgan fingerprint density at radius 3 is 2.20 bits per heavy atom. The van der Waals surface area contributed by atoms with Crippen LogP contribution in [0.15, 0.2) is 12.7 Å². The van der Waals surface area contributed by atoms with E-state index in [4.69, 9.17) is 0 Å². The zero-order valence-electron chi connectivity index (χ0n) is 6.85. The van der Waals surface area contributed by atoms with Gasteiger partial charge in [0.25, 0.3) is 0 Å². The van der Waals surface area contributed by atoms with Crippen LogP contribution < -0.4 is 0 Å². The van der Waals surface area contributed by atoms with Gasteiger partial charge in [-0.25, -0.2) is 0 Å². The van der Waals surface area contributed by atoms with E-state index < -0.39 is 5.60 Å². The lowest BCUT2D eigenvalue weighted by Crippen LogP contribution is -2.37. The quantitative estimate of drug-likeness (QED) is 0.553. The maximum Gasteiger partial charge on any atom is 0.0875 e. The Kier molecular flexibility index (Phi) is 1.63. The van der Waals surface area contributed by atoms with E-state index in [1.807, 2.05) is 0 Å². The number of aliphatic hydroxyl groups is 1. The number of hydrogen-bond acceptors (Lipinski definition) is 1. The van der Waals surface area contributed by atoms with Gasteiger partial charge < -0.3 is 5.11 Å². The van der Waals surface area contributed by atoms with Crippen LogP contribution >= 0.6 is 0 Å². The minimum absolute atomic E-state index is 0.0365. The largest absolute Gasteiger partial charge is 0.385 e. The Morgan fingerprint density at radius 2 is 2.00 bits per heavy atom. The van der Waals surface area contributed by atoms with Gasteiger partial charge in [0.1, 0.15) is 0 Å². The van der Waals surface area contributed by atoms with Crippen LogP contribution in [0.4, 0.5) is 0 Å². The fraction of sp³-hybridized carbons (Fsp3) is 0.778. The summed E-state index contributed by atoms with van der Waals surface area (Å²) in [5, 5.41) is 9.91. The summed E-state index contributed by atoms with van der Waals surface area (Å²) in [6, 6.07) is 0. The third-order valence-electron chi connectivity index (χ3n) is 2.87. The van der Waals surface area contributed by atoms with Crippen LogP contribution in [0.1, 0.15) is 33.1 Å². The van der Waals surface area contributed by atoms with Crippen molar-refractivity contribution >= 4 is 0 Å². The molecule has 0 aromatic carbocycles. The van der Waals surface area contributed by atoms with E-state index >= 15 is 0 Å². The molecule has 0 saturated heterocycles. The fourth-order valence-electron chi connectivity index (χ4n) is 1.73. The molecule has 0 aromatic heterocycles. The fourth-order valence-corrected chi connectivity index (χ4v) is 1.73. The third-order valence-corrected chi connectivity index (χ3v) is 2.87. The summed E-state index contributed by atoms with van der Waals surface area (Å²) in [6.45, 7) is 7.86. The normalized spacial score (nSPS) is 37.9. The van der Waals surface area contributed by atoms with Gasteiger partial charge in [0.05, 0.1) is 5.60 Å². The van der Waals surface area contributed by atoms with Crippen LogP contribution in [-0.4, -0.2) is 10.7 Å². The second-order valence-electron chi connectivity index (χ2n) is 3.87. The Labute approximate surface area is 62.8 Å². The molecular formula is C9H16O. The molecule has 1 heteroatoms. The van der Waals surface area contributed by atoms with Gasteiger partial charge in [-0.1, -0.05) is 19.9 Å². The van der Waals surface area contributed by atoms with Crippen molar-refractivity contribution in [3.8, 4) is 0 Å². The Hall–Kier alpha value is -0.300. The SMILES string of the molecule is C=CC1(O)CCCC1(C)C. The molecule has 1 saturated carbocycles. The van der Waals surface area contributed by atoms with Crippen molar-refractivity contribution in [2.24, 2.45) is 5.41 Å². The highest BCUT2D eigenvalue weighted by molar-refractivity contribution is 5.08. The van der Waals surface area contributed by atoms with Crippen molar-refractivity contribution < 1.29 is 5.11 Å². The van der Waals surface area contributed by atoms with Gasteiger partial charge in [0.2, 0.25) is 0 Å². The van der Waals surface area contributed by atoms with Crippen LogP contribution in [0.25, 0.3) is 0 Å². The summed E-state index contributed by atoms with van der Waals surface area (Å²) in [6.07, 6.45) is 4.80. The maximum absolute atomic E-state index is 9.91. The molecule has 0 bridgehead atoms. The molecule has 0 heterocycles. The molecule has 0 spiro atoms. The molecule has 0 aliphatic heterocycles. The Morgan fingerprint density at radius 1 is 1.40 bits per heavy atom. The van der Waals surface area contributed by atoms with Gasteiger partial charge in [-0.2, -0.15) is 0 Å². The van der Waals surface area contributed by atoms with E-state index in [9.17, 15) is 5.11 Å². The van der Waals surface area contributed by atoms with E-state index in [-0.39, 0.29) is 5.41 Å². The maximum atomic E-state index is 9.91. The second kappa shape index (κ2) is 2.09. The Bertz CT molecular complexity index is 149. The van der Waals surface area contributed by atoms with Crippen LogP contribution in [0.3, 0.4) is 0 Å². The predicted octanol–water partition coefficient (Wildman–Crippen LogP) is 2.11. The van der Waals surface area contributed by atoms with Crippen molar-refractivity contribution in [2.45, 2.75) is 38.7 Å². The first-order valence-corrected chi connectivity index (χ1v) is 3.88. The highest BCUT2D eigenvalue weighted by Gasteiger charge is 2.44. The van der Waals surface area contributed by atoms with E-state index in [1.165, 1.54) is 0 Å². The molecule has 10 heavy (non-hydrogen) atoms. The van der Waals surface area contributed by atoms with Crippen molar-refractivity contribution in [3.63, 3.8) is 0 Å². The summed E-state index contributed by atoms with van der Waals surface area (Å²) in [5.74, 6) is 0. The third kappa shape index (κ3) is 0.891. The average Bonchev–Trinajstić information content (AvgIpc) is 2.10. The summed E-state index contributed by atoms with van der Waals surface area (Å²) >= 11 is 0. The number of rotatable bonds is 1. The molecule has 0 amide bonds. The molecular weight excluding hydrogens is 124 g/mol. The first kappa shape index (κ1) is 7.80. The van der Waals surface area contributed by atoms with Crippen molar-refractivity contribution in [3.05, 3.63) is 12.7 Å². The molecule has 1 N–H and O–H groups in total. The molecule has 1 unspecified atom stereocenters. The Balaban J connectivity index is 2.85. The van der Waals surface area contributed by atoms with Crippen molar-refractivity contribution in [2.75, 3.05) is 0 Å². The monoisotopic (exact) mass is 140 g/mol. The lowest BCUT2D eigenvalue weighted by molar-refractivity contribution is 0.00298. The van der Waals surface area contributed by atoms with Gasteiger partial charge in [-0.05, 0) is 24.7 Å². The van der Waals surface area contributed by atoms with Gasteiger partial charge in [0, 0.05) is 0 Å². The van der Waals surface area contributed by atoms with E-state index in [0.29, 0.717) is 0 Å². The van der Waals surface area contributed by atoms with E-state index in [0.717, 1.165) is 19.3 Å². The molecule has 1 aliphatic carbocycles. The molecule has 58 valence electrons. The first-order chi connectivity index (χ1) is 4.52. The van der Waals surface area contributed by atoms with E-state index in [1.54, 1.807) is 6.08 Å². The topological polar surface area (TPSA) is 20.2 Å². The lowest BCUT2D eigenvalue weighted by Gasteiger charge is -2.33. The van der Waals surface area contributed by atoms with Gasteiger partial charge in [-0.3, -0.25) is 0 Å². The van der Waals surface area contributed by atoms with Gasteiger partial charge >= 0.3 is 0 Å². The van der Waals surface area contributed by atoms with Crippen molar-refractivity contribution in [1.82, 2.24) is 0 Å². The lowest BCUT2D eigenvalue weighted by atomic mass is 9.78. The minimum Gasteiger partial charge on any atom is -0.385 e. The van der Waals surface area contributed by atoms with Crippen LogP contribution in [0.2, 0.25) is 0 Å². The predicted molar refractivity (Wildman–Crippen MR) is 42.8 cm³/mol. The zero-order chi connectivity index (χ0) is 7.83. The number of hydrogen-bond donors (Lipinski definition) is 1. The van der Waals surface area contributed by atoms with Crippen molar-refractivity contribution in [1.29, 1.82) is 0 Å². The molecule has 1 nitrogen and oxygen atoms in total. The molecule has 1 rings (SSSR count). The minimum atomic E-state index is -0.604. The second-order valence-corrected chi connectivity index (χ2v) is 3.87. The first-order valence-electron chi connectivity index (χ1n) is 3.88. The van der Waals surface area contributed by atoms with Crippen LogP contribution in [0.5, 0.6) is 0 Å². The molecule has 0 aromatic rings.